The van der Waals surface area contributed by atoms with Crippen LogP contribution in [0.2, 0.25) is 10.0 Å². The number of aromatic hydroxyl groups is 1. The third kappa shape index (κ3) is 6.87. The maximum atomic E-state index is 12.0. The van der Waals surface area contributed by atoms with Crippen molar-refractivity contribution >= 4 is 50.7 Å². The molecule has 0 aromatic heterocycles. The molecule has 0 saturated carbocycles. The van der Waals surface area contributed by atoms with Crippen LogP contribution in [0.25, 0.3) is 0 Å². The van der Waals surface area contributed by atoms with Crippen LogP contribution in [0.3, 0.4) is 0 Å². The third-order valence-electron chi connectivity index (χ3n) is 3.71. The molecule has 2 rings (SSSR count). The van der Waals surface area contributed by atoms with Gasteiger partial charge in [0.15, 0.2) is 23.9 Å². The molecule has 0 bridgehead atoms. The van der Waals surface area contributed by atoms with Gasteiger partial charge in [-0.15, -0.1) is 0 Å². The largest absolute Gasteiger partial charge is 0.505 e. The molecule has 0 aliphatic rings. The lowest BCUT2D eigenvalue weighted by molar-refractivity contribution is -0.124. The number of phenolic OH excluding ortho intramolecular Hbond substituents is 1. The van der Waals surface area contributed by atoms with Crippen LogP contribution >= 0.6 is 39.1 Å². The molecule has 0 fully saturated rings. The van der Waals surface area contributed by atoms with Crippen LogP contribution < -0.4 is 20.1 Å². The molecule has 0 spiro atoms. The standard InChI is InChI=1S/C20H23BrCl2N2O4/c1-20(2,3)25-18(26)10-29-17-8-13(21)11(5-16(17)28-4)9-24-12-6-14(22)19(27)15(23)7-12/h5-8,24,27H,9-10H2,1-4H3,(H,25,26). The number of carbonyl (C=O) groups is 1. The Hall–Kier alpha value is -1.83. The summed E-state index contributed by atoms with van der Waals surface area (Å²) in [4.78, 5) is 12.0. The van der Waals surface area contributed by atoms with E-state index in [1.807, 2.05) is 20.8 Å². The lowest BCUT2D eigenvalue weighted by Crippen LogP contribution is -2.43. The molecule has 0 saturated heterocycles. The summed E-state index contributed by atoms with van der Waals surface area (Å²) < 4.78 is 11.8. The molecule has 0 aliphatic carbocycles. The van der Waals surface area contributed by atoms with Crippen molar-refractivity contribution in [1.29, 1.82) is 0 Å². The lowest BCUT2D eigenvalue weighted by Gasteiger charge is -2.21. The number of hydrogen-bond acceptors (Lipinski definition) is 5. The topological polar surface area (TPSA) is 79.8 Å². The lowest BCUT2D eigenvalue weighted by atomic mass is 10.1. The molecule has 29 heavy (non-hydrogen) atoms. The summed E-state index contributed by atoms with van der Waals surface area (Å²) >= 11 is 15.4. The summed E-state index contributed by atoms with van der Waals surface area (Å²) in [6.07, 6.45) is 0. The van der Waals surface area contributed by atoms with E-state index in [1.54, 1.807) is 24.3 Å². The molecule has 0 aliphatic heterocycles. The predicted octanol–water partition coefficient (Wildman–Crippen LogP) is 5.38. The fourth-order valence-electron chi connectivity index (χ4n) is 2.45. The Bertz CT molecular complexity index is 878. The number of amides is 1. The van der Waals surface area contributed by atoms with Crippen molar-refractivity contribution in [2.45, 2.75) is 32.9 Å². The SMILES string of the molecule is COc1cc(CNc2cc(Cl)c(O)c(Cl)c2)c(Br)cc1OCC(=O)NC(C)(C)C. The molecule has 0 atom stereocenters. The zero-order valence-corrected chi connectivity index (χ0v) is 19.6. The van der Waals surface area contributed by atoms with Crippen LogP contribution in [0.1, 0.15) is 26.3 Å². The van der Waals surface area contributed by atoms with Crippen molar-refractivity contribution < 1.29 is 19.4 Å². The second-order valence-corrected chi connectivity index (χ2v) is 8.99. The number of nitrogens with one attached hydrogen (secondary N) is 2. The monoisotopic (exact) mass is 504 g/mol. The minimum atomic E-state index is -0.333. The average Bonchev–Trinajstić information content (AvgIpc) is 2.62. The minimum Gasteiger partial charge on any atom is -0.505 e. The Morgan fingerprint density at radius 1 is 1.14 bits per heavy atom. The first-order valence-corrected chi connectivity index (χ1v) is 10.3. The highest BCUT2D eigenvalue weighted by Crippen LogP contribution is 2.36. The van der Waals surface area contributed by atoms with E-state index in [1.165, 1.54) is 7.11 Å². The van der Waals surface area contributed by atoms with Crippen molar-refractivity contribution in [2.24, 2.45) is 0 Å². The van der Waals surface area contributed by atoms with E-state index in [0.717, 1.165) is 10.0 Å². The number of phenols is 1. The van der Waals surface area contributed by atoms with Crippen molar-refractivity contribution in [3.8, 4) is 17.2 Å². The molecule has 2 aromatic carbocycles. The number of carbonyl (C=O) groups excluding carboxylic acids is 1. The van der Waals surface area contributed by atoms with E-state index in [0.29, 0.717) is 23.7 Å². The first-order valence-electron chi connectivity index (χ1n) is 8.72. The normalized spacial score (nSPS) is 11.1. The Balaban J connectivity index is 2.10. The molecule has 2 aromatic rings. The molecule has 158 valence electrons. The van der Waals surface area contributed by atoms with E-state index in [-0.39, 0.29) is 33.8 Å². The maximum absolute atomic E-state index is 12.0. The smallest absolute Gasteiger partial charge is 0.258 e. The molecule has 1 amide bonds. The highest BCUT2D eigenvalue weighted by Gasteiger charge is 2.16. The number of hydrogen-bond donors (Lipinski definition) is 3. The number of ether oxygens (including phenoxy) is 2. The van der Waals surface area contributed by atoms with Crippen molar-refractivity contribution in [3.63, 3.8) is 0 Å². The zero-order valence-electron chi connectivity index (χ0n) is 16.5. The van der Waals surface area contributed by atoms with E-state index < -0.39 is 0 Å². The summed E-state index contributed by atoms with van der Waals surface area (Å²) in [5.41, 5.74) is 1.21. The molecule has 0 radical (unpaired) electrons. The van der Waals surface area contributed by atoms with Gasteiger partial charge in [0.2, 0.25) is 0 Å². The van der Waals surface area contributed by atoms with Gasteiger partial charge in [0, 0.05) is 22.2 Å². The summed E-state index contributed by atoms with van der Waals surface area (Å²) in [5, 5.41) is 16.0. The Morgan fingerprint density at radius 2 is 1.76 bits per heavy atom. The minimum absolute atomic E-state index is 0.123. The van der Waals surface area contributed by atoms with Crippen LogP contribution in [0.15, 0.2) is 28.7 Å². The fraction of sp³-hybridized carbons (Fsp3) is 0.350. The predicted molar refractivity (Wildman–Crippen MR) is 120 cm³/mol. The summed E-state index contributed by atoms with van der Waals surface area (Å²) in [5.74, 6) is 0.569. The number of methoxy groups -OCH3 is 1. The van der Waals surface area contributed by atoms with Gasteiger partial charge < -0.3 is 25.2 Å². The van der Waals surface area contributed by atoms with Crippen LogP contribution in [-0.4, -0.2) is 30.3 Å². The van der Waals surface area contributed by atoms with Crippen LogP contribution in [0.5, 0.6) is 17.2 Å². The maximum Gasteiger partial charge on any atom is 0.258 e. The van der Waals surface area contributed by atoms with Gasteiger partial charge >= 0.3 is 0 Å². The molecule has 0 unspecified atom stereocenters. The Kier molecular flexibility index (Phi) is 7.91. The molecule has 6 nitrogen and oxygen atoms in total. The number of benzene rings is 2. The average molecular weight is 506 g/mol. The van der Waals surface area contributed by atoms with Gasteiger partial charge in [-0.1, -0.05) is 39.1 Å². The number of anilines is 1. The second kappa shape index (κ2) is 9.78. The van der Waals surface area contributed by atoms with Gasteiger partial charge in [-0.25, -0.2) is 0 Å². The summed E-state index contributed by atoms with van der Waals surface area (Å²) in [6.45, 7) is 6.01. The third-order valence-corrected chi connectivity index (χ3v) is 5.02. The van der Waals surface area contributed by atoms with E-state index in [9.17, 15) is 9.90 Å². The quantitative estimate of drug-likeness (QED) is 0.440. The number of rotatable bonds is 7. The van der Waals surface area contributed by atoms with E-state index >= 15 is 0 Å². The first kappa shape index (κ1) is 23.4. The molecule has 3 N–H and O–H groups in total. The van der Waals surface area contributed by atoms with Gasteiger partial charge in [0.05, 0.1) is 17.2 Å². The van der Waals surface area contributed by atoms with Crippen LogP contribution in [0.4, 0.5) is 5.69 Å². The van der Waals surface area contributed by atoms with Crippen molar-refractivity contribution in [2.75, 3.05) is 19.0 Å². The van der Waals surface area contributed by atoms with Gasteiger partial charge in [-0.3, -0.25) is 4.79 Å². The van der Waals surface area contributed by atoms with Crippen LogP contribution in [0, 0.1) is 0 Å². The van der Waals surface area contributed by atoms with E-state index in [4.69, 9.17) is 32.7 Å². The highest BCUT2D eigenvalue weighted by atomic mass is 79.9. The van der Waals surface area contributed by atoms with Gasteiger partial charge in [-0.05, 0) is 50.6 Å². The van der Waals surface area contributed by atoms with Gasteiger partial charge in [0.25, 0.3) is 5.91 Å². The van der Waals surface area contributed by atoms with Crippen molar-refractivity contribution in [1.82, 2.24) is 5.32 Å². The first-order chi connectivity index (χ1) is 13.5. The summed E-state index contributed by atoms with van der Waals surface area (Å²) in [7, 11) is 1.53. The Labute approximate surface area is 188 Å². The molecule has 9 heteroatoms. The molecular weight excluding hydrogens is 483 g/mol. The van der Waals surface area contributed by atoms with Crippen LogP contribution in [-0.2, 0) is 11.3 Å². The number of halogens is 3. The molecular formula is C20H23BrCl2N2O4. The fourth-order valence-corrected chi connectivity index (χ4v) is 3.40. The van der Waals surface area contributed by atoms with Gasteiger partial charge in [0.1, 0.15) is 0 Å². The molecule has 0 heterocycles. The van der Waals surface area contributed by atoms with Crippen molar-refractivity contribution in [3.05, 3.63) is 44.3 Å². The summed E-state index contributed by atoms with van der Waals surface area (Å²) in [6, 6.07) is 6.72. The zero-order chi connectivity index (χ0) is 21.8. The highest BCUT2D eigenvalue weighted by molar-refractivity contribution is 9.10. The van der Waals surface area contributed by atoms with Gasteiger partial charge in [-0.2, -0.15) is 0 Å². The second-order valence-electron chi connectivity index (χ2n) is 7.32. The Morgan fingerprint density at radius 3 is 2.31 bits per heavy atom. The van der Waals surface area contributed by atoms with E-state index in [2.05, 4.69) is 26.6 Å².